The Labute approximate surface area is 119 Å². The molecule has 17 heavy (non-hydrogen) atoms. The quantitative estimate of drug-likeness (QED) is 0.761. The van der Waals surface area contributed by atoms with Crippen molar-refractivity contribution in [2.75, 3.05) is 11.9 Å². The topological polar surface area (TPSA) is 20.3 Å². The van der Waals surface area contributed by atoms with Gasteiger partial charge in [-0.2, -0.15) is 0 Å². The molecule has 2 nitrogen and oxygen atoms in total. The Balaban J connectivity index is 2.22. The van der Waals surface area contributed by atoms with Gasteiger partial charge in [-0.25, -0.2) is 0 Å². The molecule has 0 aliphatic heterocycles. The summed E-state index contributed by atoms with van der Waals surface area (Å²) in [6.07, 6.45) is 2.17. The first-order chi connectivity index (χ1) is 8.13. The van der Waals surface area contributed by atoms with E-state index in [1.807, 2.05) is 4.90 Å². The molecule has 1 aliphatic rings. The van der Waals surface area contributed by atoms with Gasteiger partial charge in [0.25, 0.3) is 5.91 Å². The molecule has 1 fully saturated rings. The van der Waals surface area contributed by atoms with Crippen molar-refractivity contribution >= 4 is 45.0 Å². The number of alkyl halides is 1. The summed E-state index contributed by atoms with van der Waals surface area (Å²) >= 11 is 15.2. The number of amides is 1. The summed E-state index contributed by atoms with van der Waals surface area (Å²) in [6.45, 7) is 0.711. The molecule has 0 unspecified atom stereocenters. The minimum Gasteiger partial charge on any atom is -0.335 e. The van der Waals surface area contributed by atoms with Gasteiger partial charge in [0.1, 0.15) is 0 Å². The molecule has 0 bridgehead atoms. The Bertz CT molecular complexity index is 435. The highest BCUT2D eigenvalue weighted by Crippen LogP contribution is 2.30. The zero-order valence-electron chi connectivity index (χ0n) is 9.13. The van der Waals surface area contributed by atoms with Gasteiger partial charge in [-0.1, -0.05) is 39.1 Å². The molecule has 1 aromatic rings. The molecular weight excluding hydrogens is 325 g/mol. The second kappa shape index (κ2) is 5.59. The van der Waals surface area contributed by atoms with Crippen LogP contribution in [0.4, 0.5) is 0 Å². The number of hydrogen-bond acceptors (Lipinski definition) is 1. The first-order valence-electron chi connectivity index (χ1n) is 5.45. The van der Waals surface area contributed by atoms with Gasteiger partial charge in [0.2, 0.25) is 0 Å². The standard InChI is InChI=1S/C12H12BrCl2NO/c13-5-6-16(9-2-3-9)12(17)10-4-1-8(14)7-11(10)15/h1,4,7,9H,2-3,5-6H2. The minimum atomic E-state index is -0.00591. The predicted octanol–water partition coefficient (Wildman–Crippen LogP) is 3.99. The average molecular weight is 337 g/mol. The number of nitrogens with zero attached hydrogens (tertiary/aromatic N) is 1. The molecule has 1 aliphatic carbocycles. The van der Waals surface area contributed by atoms with E-state index in [1.165, 1.54) is 0 Å². The summed E-state index contributed by atoms with van der Waals surface area (Å²) in [4.78, 5) is 14.2. The van der Waals surface area contributed by atoms with E-state index in [1.54, 1.807) is 18.2 Å². The average Bonchev–Trinajstić information content (AvgIpc) is 3.09. The molecule has 0 atom stereocenters. The van der Waals surface area contributed by atoms with E-state index in [4.69, 9.17) is 23.2 Å². The Morgan fingerprint density at radius 1 is 1.41 bits per heavy atom. The largest absolute Gasteiger partial charge is 0.335 e. The minimum absolute atomic E-state index is 0.00591. The first kappa shape index (κ1) is 13.2. The fourth-order valence-corrected chi connectivity index (χ4v) is 2.62. The van der Waals surface area contributed by atoms with Crippen LogP contribution in [-0.2, 0) is 0 Å². The highest BCUT2D eigenvalue weighted by molar-refractivity contribution is 9.09. The molecule has 2 rings (SSSR count). The summed E-state index contributed by atoms with van der Waals surface area (Å²) in [5.41, 5.74) is 0.531. The zero-order chi connectivity index (χ0) is 12.4. The molecule has 1 aromatic carbocycles. The number of benzene rings is 1. The van der Waals surface area contributed by atoms with Gasteiger partial charge in [0.15, 0.2) is 0 Å². The predicted molar refractivity (Wildman–Crippen MR) is 74.3 cm³/mol. The van der Waals surface area contributed by atoms with Crippen LogP contribution in [0.25, 0.3) is 0 Å². The van der Waals surface area contributed by atoms with Gasteiger partial charge in [-0.15, -0.1) is 0 Å². The van der Waals surface area contributed by atoms with E-state index in [9.17, 15) is 4.79 Å². The van der Waals surface area contributed by atoms with Crippen molar-refractivity contribution in [1.82, 2.24) is 4.90 Å². The van der Waals surface area contributed by atoms with Crippen LogP contribution in [0.5, 0.6) is 0 Å². The number of hydrogen-bond donors (Lipinski definition) is 0. The molecule has 0 N–H and O–H groups in total. The van der Waals surface area contributed by atoms with E-state index in [0.29, 0.717) is 28.2 Å². The highest BCUT2D eigenvalue weighted by Gasteiger charge is 2.33. The lowest BCUT2D eigenvalue weighted by atomic mass is 10.2. The maximum Gasteiger partial charge on any atom is 0.255 e. The number of rotatable bonds is 4. The first-order valence-corrected chi connectivity index (χ1v) is 7.33. The Morgan fingerprint density at radius 2 is 2.12 bits per heavy atom. The van der Waals surface area contributed by atoms with E-state index < -0.39 is 0 Å². The maximum atomic E-state index is 12.3. The second-order valence-corrected chi connectivity index (χ2v) is 5.68. The van der Waals surface area contributed by atoms with Crippen molar-refractivity contribution in [1.29, 1.82) is 0 Å². The highest BCUT2D eigenvalue weighted by atomic mass is 79.9. The molecule has 92 valence electrons. The van der Waals surface area contributed by atoms with Gasteiger partial charge in [0.05, 0.1) is 10.6 Å². The van der Waals surface area contributed by atoms with Crippen LogP contribution in [0.15, 0.2) is 18.2 Å². The van der Waals surface area contributed by atoms with Gasteiger partial charge in [-0.05, 0) is 31.0 Å². The van der Waals surface area contributed by atoms with E-state index >= 15 is 0 Å². The monoisotopic (exact) mass is 335 g/mol. The van der Waals surface area contributed by atoms with Crippen molar-refractivity contribution in [3.05, 3.63) is 33.8 Å². The number of halogens is 3. The second-order valence-electron chi connectivity index (χ2n) is 4.04. The molecule has 1 amide bonds. The molecule has 0 aromatic heterocycles. The molecule has 0 saturated heterocycles. The molecule has 0 heterocycles. The van der Waals surface area contributed by atoms with Crippen molar-refractivity contribution in [2.24, 2.45) is 0 Å². The van der Waals surface area contributed by atoms with Crippen LogP contribution in [-0.4, -0.2) is 28.7 Å². The lowest BCUT2D eigenvalue weighted by Gasteiger charge is -2.21. The normalized spacial score (nSPS) is 14.8. The third kappa shape index (κ3) is 3.15. The van der Waals surface area contributed by atoms with Crippen molar-refractivity contribution in [2.45, 2.75) is 18.9 Å². The van der Waals surface area contributed by atoms with E-state index in [0.717, 1.165) is 18.2 Å². The summed E-state index contributed by atoms with van der Waals surface area (Å²) in [5, 5.41) is 1.74. The van der Waals surface area contributed by atoms with Crippen LogP contribution in [0, 0.1) is 0 Å². The van der Waals surface area contributed by atoms with Crippen LogP contribution < -0.4 is 0 Å². The SMILES string of the molecule is O=C(c1ccc(Cl)cc1Cl)N(CCBr)C1CC1. The van der Waals surface area contributed by atoms with Gasteiger partial charge in [0, 0.05) is 22.9 Å². The van der Waals surface area contributed by atoms with Crippen molar-refractivity contribution in [3.8, 4) is 0 Å². The Kier molecular flexibility index (Phi) is 4.34. The molecular formula is C12H12BrCl2NO. The Morgan fingerprint density at radius 3 is 2.65 bits per heavy atom. The van der Waals surface area contributed by atoms with Crippen LogP contribution in [0.2, 0.25) is 10.0 Å². The number of carbonyl (C=O) groups is 1. The van der Waals surface area contributed by atoms with E-state index in [-0.39, 0.29) is 5.91 Å². The van der Waals surface area contributed by atoms with Gasteiger partial charge in [-0.3, -0.25) is 4.79 Å². The van der Waals surface area contributed by atoms with Crippen molar-refractivity contribution < 1.29 is 4.79 Å². The van der Waals surface area contributed by atoms with Gasteiger partial charge >= 0.3 is 0 Å². The van der Waals surface area contributed by atoms with E-state index in [2.05, 4.69) is 15.9 Å². The molecule has 0 spiro atoms. The lowest BCUT2D eigenvalue weighted by molar-refractivity contribution is 0.0755. The molecule has 1 saturated carbocycles. The van der Waals surface area contributed by atoms with Crippen LogP contribution in [0.1, 0.15) is 23.2 Å². The number of carbonyl (C=O) groups excluding carboxylic acids is 1. The summed E-state index contributed by atoms with van der Waals surface area (Å²) in [7, 11) is 0. The Hall–Kier alpha value is -0.250. The maximum absolute atomic E-state index is 12.3. The van der Waals surface area contributed by atoms with Gasteiger partial charge < -0.3 is 4.90 Å². The third-order valence-corrected chi connectivity index (χ3v) is 3.64. The molecule has 0 radical (unpaired) electrons. The summed E-state index contributed by atoms with van der Waals surface area (Å²) < 4.78 is 0. The fourth-order valence-electron chi connectivity index (χ4n) is 1.74. The zero-order valence-corrected chi connectivity index (χ0v) is 12.2. The molecule has 5 heteroatoms. The summed E-state index contributed by atoms with van der Waals surface area (Å²) in [6, 6.07) is 5.37. The third-order valence-electron chi connectivity index (χ3n) is 2.74. The van der Waals surface area contributed by atoms with Crippen molar-refractivity contribution in [3.63, 3.8) is 0 Å². The lowest BCUT2D eigenvalue weighted by Crippen LogP contribution is -2.34. The fraction of sp³-hybridized carbons (Fsp3) is 0.417. The van der Waals surface area contributed by atoms with Crippen LogP contribution in [0.3, 0.4) is 0 Å². The van der Waals surface area contributed by atoms with Crippen LogP contribution >= 0.6 is 39.1 Å². The smallest absolute Gasteiger partial charge is 0.255 e. The summed E-state index contributed by atoms with van der Waals surface area (Å²) in [5.74, 6) is -0.00591.